The smallest absolute Gasteiger partial charge is 0.143 e. The van der Waals surface area contributed by atoms with Gasteiger partial charge in [0, 0.05) is 11.1 Å². The van der Waals surface area contributed by atoms with Crippen molar-refractivity contribution in [3.63, 3.8) is 0 Å². The molecule has 4 rings (SSSR count). The zero-order valence-corrected chi connectivity index (χ0v) is 21.1. The highest BCUT2D eigenvalue weighted by Gasteiger charge is 2.25. The minimum atomic E-state index is -0.425. The molecule has 0 saturated heterocycles. The monoisotopic (exact) mass is 476 g/mol. The van der Waals surface area contributed by atoms with Gasteiger partial charge in [-0.25, -0.2) is 4.39 Å². The number of hydrogen-bond donors (Lipinski definition) is 0. The van der Waals surface area contributed by atoms with Crippen molar-refractivity contribution in [1.29, 1.82) is 0 Å². The Morgan fingerprint density at radius 3 is 1.88 bits per heavy atom. The minimum Gasteiger partial charge on any atom is -0.205 e. The predicted octanol–water partition coefficient (Wildman–Crippen LogP) is 9.71. The predicted molar refractivity (Wildman–Crippen MR) is 143 cm³/mol. The standard InChI is InChI=1S/C32H38ClF/c1-2-3-4-24-5-7-25(8-6-24)9-10-26-13-18-29(19-14-26)30-20-15-27(16-21-30)11-12-28-17-22-31(33)32(34)23-28/h2,15-17,20-26,29H,1,3-10,13-14,18-19H2. The first kappa shape index (κ1) is 25.1. The van der Waals surface area contributed by atoms with Crippen molar-refractivity contribution in [1.82, 2.24) is 0 Å². The summed E-state index contributed by atoms with van der Waals surface area (Å²) in [6, 6.07) is 13.4. The van der Waals surface area contributed by atoms with Crippen molar-refractivity contribution in [2.75, 3.05) is 0 Å². The Balaban J connectivity index is 1.19. The van der Waals surface area contributed by atoms with Crippen LogP contribution in [0, 0.1) is 35.4 Å². The van der Waals surface area contributed by atoms with Gasteiger partial charge in [-0.1, -0.05) is 80.2 Å². The van der Waals surface area contributed by atoms with Gasteiger partial charge in [-0.15, -0.1) is 6.58 Å². The third-order valence-corrected chi connectivity index (χ3v) is 8.53. The molecule has 2 fully saturated rings. The van der Waals surface area contributed by atoms with E-state index in [0.717, 1.165) is 23.3 Å². The molecule has 34 heavy (non-hydrogen) atoms. The van der Waals surface area contributed by atoms with Gasteiger partial charge in [0.05, 0.1) is 5.02 Å². The summed E-state index contributed by atoms with van der Waals surface area (Å²) in [6.07, 6.45) is 18.7. The van der Waals surface area contributed by atoms with Gasteiger partial charge in [-0.05, 0) is 98.1 Å². The molecule has 0 amide bonds. The van der Waals surface area contributed by atoms with Crippen molar-refractivity contribution in [3.8, 4) is 11.8 Å². The lowest BCUT2D eigenvalue weighted by Crippen LogP contribution is -2.17. The van der Waals surface area contributed by atoms with E-state index >= 15 is 0 Å². The van der Waals surface area contributed by atoms with Gasteiger partial charge in [-0.3, -0.25) is 0 Å². The van der Waals surface area contributed by atoms with E-state index in [1.807, 2.05) is 0 Å². The first-order valence-corrected chi connectivity index (χ1v) is 13.7. The second-order valence-corrected chi connectivity index (χ2v) is 11.0. The molecule has 0 bridgehead atoms. The highest BCUT2D eigenvalue weighted by Crippen LogP contribution is 2.40. The van der Waals surface area contributed by atoms with E-state index in [0.29, 0.717) is 11.5 Å². The molecular weight excluding hydrogens is 439 g/mol. The lowest BCUT2D eigenvalue weighted by atomic mass is 9.74. The largest absolute Gasteiger partial charge is 0.205 e. The lowest BCUT2D eigenvalue weighted by molar-refractivity contribution is 0.225. The molecule has 0 heterocycles. The first-order valence-electron chi connectivity index (χ1n) is 13.3. The molecule has 0 radical (unpaired) electrons. The van der Waals surface area contributed by atoms with Crippen LogP contribution in [0.5, 0.6) is 0 Å². The molecule has 2 aromatic carbocycles. The van der Waals surface area contributed by atoms with Crippen molar-refractivity contribution in [2.45, 2.75) is 83.0 Å². The van der Waals surface area contributed by atoms with Crippen molar-refractivity contribution >= 4 is 11.6 Å². The maximum Gasteiger partial charge on any atom is 0.143 e. The second kappa shape index (κ2) is 12.6. The maximum atomic E-state index is 13.6. The van der Waals surface area contributed by atoms with E-state index in [-0.39, 0.29) is 5.02 Å². The Kier molecular flexibility index (Phi) is 9.29. The van der Waals surface area contributed by atoms with E-state index in [9.17, 15) is 4.39 Å². The second-order valence-electron chi connectivity index (χ2n) is 10.5. The van der Waals surface area contributed by atoms with Gasteiger partial charge in [0.2, 0.25) is 0 Å². The third kappa shape index (κ3) is 7.23. The zero-order valence-electron chi connectivity index (χ0n) is 20.4. The fourth-order valence-corrected chi connectivity index (χ4v) is 6.09. The Hall–Kier alpha value is -2.04. The molecule has 2 aliphatic rings. The highest BCUT2D eigenvalue weighted by atomic mass is 35.5. The van der Waals surface area contributed by atoms with Gasteiger partial charge in [0.1, 0.15) is 5.82 Å². The molecular formula is C32H38ClF. The number of allylic oxidation sites excluding steroid dienone is 1. The Morgan fingerprint density at radius 1 is 0.765 bits per heavy atom. The van der Waals surface area contributed by atoms with Crippen LogP contribution in [0.25, 0.3) is 0 Å². The summed E-state index contributed by atoms with van der Waals surface area (Å²) in [5, 5.41) is 0.131. The van der Waals surface area contributed by atoms with Crippen LogP contribution in [0.2, 0.25) is 5.02 Å². The summed E-state index contributed by atoms with van der Waals surface area (Å²) >= 11 is 5.74. The number of halogens is 2. The van der Waals surface area contributed by atoms with Crippen molar-refractivity contribution < 1.29 is 4.39 Å². The maximum absolute atomic E-state index is 13.6. The molecule has 180 valence electrons. The third-order valence-electron chi connectivity index (χ3n) is 8.23. The van der Waals surface area contributed by atoms with E-state index in [2.05, 4.69) is 48.8 Å². The van der Waals surface area contributed by atoms with E-state index in [1.54, 1.807) is 12.1 Å². The summed E-state index contributed by atoms with van der Waals surface area (Å²) in [7, 11) is 0. The van der Waals surface area contributed by atoms with Crippen molar-refractivity contribution in [2.24, 2.45) is 17.8 Å². The Morgan fingerprint density at radius 2 is 1.29 bits per heavy atom. The molecule has 0 nitrogen and oxygen atoms in total. The van der Waals surface area contributed by atoms with E-state index in [1.165, 1.54) is 88.7 Å². The SMILES string of the molecule is C=CCCC1CCC(CCC2CCC(c3ccc(C#Cc4ccc(Cl)c(F)c4)cc3)CC2)CC1. The average Bonchev–Trinajstić information content (AvgIpc) is 2.88. The van der Waals surface area contributed by atoms with Crippen LogP contribution in [0.1, 0.15) is 99.7 Å². The van der Waals surface area contributed by atoms with Crippen LogP contribution in [-0.2, 0) is 0 Å². The summed E-state index contributed by atoms with van der Waals surface area (Å²) in [6.45, 7) is 3.87. The van der Waals surface area contributed by atoms with Gasteiger partial charge < -0.3 is 0 Å². The quantitative estimate of drug-likeness (QED) is 0.275. The average molecular weight is 477 g/mol. The summed E-state index contributed by atoms with van der Waals surface area (Å²) in [5.41, 5.74) is 3.05. The minimum absolute atomic E-state index is 0.131. The number of rotatable bonds is 7. The molecule has 0 aliphatic heterocycles. The van der Waals surface area contributed by atoms with Gasteiger partial charge in [0.25, 0.3) is 0 Å². The zero-order chi connectivity index (χ0) is 23.8. The van der Waals surface area contributed by atoms with Crippen molar-refractivity contribution in [3.05, 3.63) is 82.6 Å². The Bertz CT molecular complexity index is 980. The summed E-state index contributed by atoms with van der Waals surface area (Å²) in [4.78, 5) is 0. The molecule has 2 heteroatoms. The van der Waals surface area contributed by atoms with Gasteiger partial charge >= 0.3 is 0 Å². The molecule has 2 aromatic rings. The summed E-state index contributed by atoms with van der Waals surface area (Å²) in [5.74, 6) is 9.31. The normalized spacial score (nSPS) is 24.8. The van der Waals surface area contributed by atoms with Gasteiger partial charge in [-0.2, -0.15) is 0 Å². The molecule has 0 aromatic heterocycles. The topological polar surface area (TPSA) is 0 Å². The van der Waals surface area contributed by atoms with Crippen LogP contribution >= 0.6 is 11.6 Å². The lowest BCUT2D eigenvalue weighted by Gasteiger charge is -2.32. The molecule has 0 N–H and O–H groups in total. The molecule has 2 aliphatic carbocycles. The Labute approximate surface area is 211 Å². The molecule has 0 unspecified atom stereocenters. The molecule has 0 spiro atoms. The van der Waals surface area contributed by atoms with Crippen LogP contribution < -0.4 is 0 Å². The number of hydrogen-bond acceptors (Lipinski definition) is 0. The van der Waals surface area contributed by atoms with Gasteiger partial charge in [0.15, 0.2) is 0 Å². The first-order chi connectivity index (χ1) is 16.6. The fraction of sp³-hybridized carbons (Fsp3) is 0.500. The van der Waals surface area contributed by atoms with Crippen LogP contribution in [0.3, 0.4) is 0 Å². The van der Waals surface area contributed by atoms with Crippen LogP contribution in [0.15, 0.2) is 55.1 Å². The van der Waals surface area contributed by atoms with Crippen LogP contribution in [0.4, 0.5) is 4.39 Å². The molecule has 2 saturated carbocycles. The summed E-state index contributed by atoms with van der Waals surface area (Å²) < 4.78 is 13.6. The van der Waals surface area contributed by atoms with E-state index < -0.39 is 5.82 Å². The number of benzene rings is 2. The molecule has 0 atom stereocenters. The fourth-order valence-electron chi connectivity index (χ4n) is 5.98. The van der Waals surface area contributed by atoms with Crippen LogP contribution in [-0.4, -0.2) is 0 Å². The van der Waals surface area contributed by atoms with E-state index in [4.69, 9.17) is 11.6 Å². The highest BCUT2D eigenvalue weighted by molar-refractivity contribution is 6.30.